The first-order valence-electron chi connectivity index (χ1n) is 7.32. The van der Waals surface area contributed by atoms with Crippen molar-refractivity contribution in [1.82, 2.24) is 4.98 Å². The van der Waals surface area contributed by atoms with Gasteiger partial charge in [-0.2, -0.15) is 0 Å². The second-order valence-corrected chi connectivity index (χ2v) is 7.26. The molecule has 0 aliphatic heterocycles. The van der Waals surface area contributed by atoms with E-state index in [1.165, 1.54) is 11.3 Å². The van der Waals surface area contributed by atoms with E-state index in [1.54, 1.807) is 12.3 Å². The quantitative estimate of drug-likeness (QED) is 0.652. The number of rotatable bonds is 4. The summed E-state index contributed by atoms with van der Waals surface area (Å²) in [6, 6.07) is 9.68. The number of hydrogen-bond acceptors (Lipinski definition) is 4. The van der Waals surface area contributed by atoms with Crippen molar-refractivity contribution in [1.29, 1.82) is 0 Å². The summed E-state index contributed by atoms with van der Waals surface area (Å²) < 4.78 is 1.91. The van der Waals surface area contributed by atoms with Crippen LogP contribution in [0.1, 0.15) is 18.4 Å². The zero-order chi connectivity index (χ0) is 17.1. The number of hydrogen-bond donors (Lipinski definition) is 2. The second kappa shape index (κ2) is 7.11. The highest BCUT2D eigenvalue weighted by molar-refractivity contribution is 9.10. The zero-order valence-corrected chi connectivity index (χ0v) is 15.3. The zero-order valence-electron chi connectivity index (χ0n) is 12.9. The van der Waals surface area contributed by atoms with Gasteiger partial charge in [-0.3, -0.25) is 4.79 Å². The lowest BCUT2D eigenvalue weighted by atomic mass is 9.98. The van der Waals surface area contributed by atoms with Crippen LogP contribution in [-0.4, -0.2) is 11.2 Å². The van der Waals surface area contributed by atoms with E-state index in [0.717, 1.165) is 26.1 Å². The van der Waals surface area contributed by atoms with Gasteiger partial charge in [-0.25, -0.2) is 4.98 Å². The maximum Gasteiger partial charge on any atom is 0.320 e. The molecular formula is C17H16BrN4OS+. The van der Waals surface area contributed by atoms with Gasteiger partial charge in [0.1, 0.15) is 12.4 Å². The lowest BCUT2D eigenvalue weighted by Gasteiger charge is -2.11. The Morgan fingerprint density at radius 1 is 1.42 bits per heavy atom. The summed E-state index contributed by atoms with van der Waals surface area (Å²) >= 11 is 4.57. The maximum absolute atomic E-state index is 11.4. The van der Waals surface area contributed by atoms with Crippen LogP contribution in [0.15, 0.2) is 62.6 Å². The van der Waals surface area contributed by atoms with E-state index in [2.05, 4.69) is 30.9 Å². The number of aliphatic imine (C=N–C) groups is 1. The number of pyridine rings is 1. The van der Waals surface area contributed by atoms with E-state index in [4.69, 9.17) is 5.73 Å². The van der Waals surface area contributed by atoms with Crippen LogP contribution in [0.2, 0.25) is 0 Å². The minimum atomic E-state index is -0.0452. The number of aromatic amines is 2. The highest BCUT2D eigenvalue weighted by atomic mass is 79.9. The lowest BCUT2D eigenvalue weighted by Crippen LogP contribution is -2.07. The molecule has 24 heavy (non-hydrogen) atoms. The fourth-order valence-electron chi connectivity index (χ4n) is 2.25. The fourth-order valence-corrected chi connectivity index (χ4v) is 3.28. The average molecular weight is 404 g/mol. The van der Waals surface area contributed by atoms with Crippen molar-refractivity contribution < 1.29 is 4.98 Å². The molecule has 0 amide bonds. The number of fused-ring (bicyclic) bond motifs is 1. The molecule has 0 radical (unpaired) electrons. The van der Waals surface area contributed by atoms with Gasteiger partial charge in [0.25, 0.3) is 0 Å². The molecule has 0 aliphatic rings. The van der Waals surface area contributed by atoms with Crippen LogP contribution in [0.5, 0.6) is 0 Å². The summed E-state index contributed by atoms with van der Waals surface area (Å²) in [5.41, 5.74) is 8.80. The Morgan fingerprint density at radius 2 is 2.25 bits per heavy atom. The number of nitrogens with one attached hydrogen (secondary N) is 2. The molecule has 2 heterocycles. The topological polar surface area (TPSA) is 85.4 Å². The first-order valence-corrected chi connectivity index (χ1v) is 8.93. The van der Waals surface area contributed by atoms with Crippen molar-refractivity contribution in [2.45, 2.75) is 12.8 Å². The molecule has 0 saturated carbocycles. The standard InChI is InChI=1S/C17H15BrN4OS/c1-10(11-2-4-14-15(8-11)24-17(23)22-14)13(19)6-7-20-16-5-3-12(18)9-21-16/h2-10H,19H2,1H3,(H,22,23)/p+1. The Labute approximate surface area is 151 Å². The van der Waals surface area contributed by atoms with Crippen LogP contribution in [0.3, 0.4) is 0 Å². The minimum absolute atomic E-state index is 0.0342. The molecule has 3 aromatic rings. The predicted molar refractivity (Wildman–Crippen MR) is 102 cm³/mol. The monoisotopic (exact) mass is 403 g/mol. The van der Waals surface area contributed by atoms with Crippen molar-refractivity contribution >= 4 is 49.5 Å². The number of benzene rings is 1. The third kappa shape index (κ3) is 3.80. The summed E-state index contributed by atoms with van der Waals surface area (Å²) in [6.45, 7) is 2.03. The van der Waals surface area contributed by atoms with Gasteiger partial charge in [0, 0.05) is 23.8 Å². The molecule has 4 N–H and O–H groups in total. The smallest absolute Gasteiger partial charge is 0.320 e. The normalized spacial score (nSPS) is 13.7. The van der Waals surface area contributed by atoms with Crippen molar-refractivity contribution in [3.8, 4) is 0 Å². The molecule has 1 atom stereocenters. The van der Waals surface area contributed by atoms with Crippen molar-refractivity contribution in [3.63, 3.8) is 0 Å². The van der Waals surface area contributed by atoms with Gasteiger partial charge in [-0.15, -0.1) is 0 Å². The molecule has 0 aliphatic carbocycles. The molecule has 0 saturated heterocycles. The number of thiazole rings is 1. The Balaban J connectivity index is 1.77. The van der Waals surface area contributed by atoms with E-state index in [1.807, 2.05) is 43.5 Å². The summed E-state index contributed by atoms with van der Waals surface area (Å²) in [5, 5.41) is 0. The van der Waals surface area contributed by atoms with Gasteiger partial charge in [0.05, 0.1) is 14.7 Å². The Hall–Kier alpha value is -2.25. The number of allylic oxidation sites excluding steroid dienone is 2. The first kappa shape index (κ1) is 16.6. The Bertz CT molecular complexity index is 972. The van der Waals surface area contributed by atoms with Crippen molar-refractivity contribution in [2.24, 2.45) is 10.7 Å². The molecule has 1 aromatic carbocycles. The van der Waals surface area contributed by atoms with Gasteiger partial charge >= 0.3 is 10.7 Å². The summed E-state index contributed by atoms with van der Waals surface area (Å²) in [5.74, 6) is 0.778. The molecule has 2 aromatic heterocycles. The lowest BCUT2D eigenvalue weighted by molar-refractivity contribution is -0.363. The highest BCUT2D eigenvalue weighted by Crippen LogP contribution is 2.25. The van der Waals surface area contributed by atoms with E-state index in [-0.39, 0.29) is 10.8 Å². The predicted octanol–water partition coefficient (Wildman–Crippen LogP) is 3.51. The minimum Gasteiger partial charge on any atom is -0.401 e. The van der Waals surface area contributed by atoms with Gasteiger partial charge in [0.2, 0.25) is 0 Å². The molecule has 122 valence electrons. The van der Waals surface area contributed by atoms with Crippen LogP contribution in [0.25, 0.3) is 10.2 Å². The number of aromatic nitrogens is 2. The maximum atomic E-state index is 11.4. The number of H-pyrrole nitrogens is 2. The van der Waals surface area contributed by atoms with Crippen LogP contribution in [0, 0.1) is 0 Å². The SMILES string of the molecule is CC(C(N)=CC=Nc1ccc(Br)c[nH+]1)c1ccc2[nH]c(=O)sc2c1. The average Bonchev–Trinajstić information content (AvgIpc) is 2.95. The number of nitrogens with zero attached hydrogens (tertiary/aromatic N) is 1. The first-order chi connectivity index (χ1) is 11.5. The highest BCUT2D eigenvalue weighted by Gasteiger charge is 2.10. The summed E-state index contributed by atoms with van der Waals surface area (Å²) in [4.78, 5) is 21.5. The van der Waals surface area contributed by atoms with Crippen molar-refractivity contribution in [3.05, 3.63) is 68.0 Å². The molecule has 5 nitrogen and oxygen atoms in total. The Morgan fingerprint density at radius 3 is 3.00 bits per heavy atom. The Kier molecular flexibility index (Phi) is 4.92. The van der Waals surface area contributed by atoms with Crippen LogP contribution < -0.4 is 15.6 Å². The third-order valence-corrected chi connectivity index (χ3v) is 5.02. The molecule has 0 fully saturated rings. The van der Waals surface area contributed by atoms with E-state index < -0.39 is 0 Å². The number of nitrogens with two attached hydrogens (primary N) is 1. The fraction of sp³-hybridized carbons (Fsp3) is 0.118. The molecular weight excluding hydrogens is 388 g/mol. The van der Waals surface area contributed by atoms with Gasteiger partial charge < -0.3 is 10.7 Å². The van der Waals surface area contributed by atoms with Gasteiger partial charge in [0.15, 0.2) is 0 Å². The van der Waals surface area contributed by atoms with Crippen LogP contribution in [0.4, 0.5) is 5.82 Å². The largest absolute Gasteiger partial charge is 0.401 e. The summed E-state index contributed by atoms with van der Waals surface area (Å²) in [7, 11) is 0. The van der Waals surface area contributed by atoms with Crippen molar-refractivity contribution in [2.75, 3.05) is 0 Å². The third-order valence-electron chi connectivity index (χ3n) is 3.68. The molecule has 3 rings (SSSR count). The second-order valence-electron chi connectivity index (χ2n) is 5.33. The van der Waals surface area contributed by atoms with Crippen LogP contribution >= 0.6 is 27.3 Å². The van der Waals surface area contributed by atoms with E-state index in [9.17, 15) is 4.79 Å². The summed E-state index contributed by atoms with van der Waals surface area (Å²) in [6.07, 6.45) is 5.29. The van der Waals surface area contributed by atoms with Gasteiger partial charge in [-0.05, 0) is 44.7 Å². The number of halogens is 1. The van der Waals surface area contributed by atoms with E-state index in [0.29, 0.717) is 5.70 Å². The van der Waals surface area contributed by atoms with Crippen LogP contribution in [-0.2, 0) is 0 Å². The molecule has 0 bridgehead atoms. The van der Waals surface area contributed by atoms with Gasteiger partial charge in [-0.1, -0.05) is 24.3 Å². The van der Waals surface area contributed by atoms with E-state index >= 15 is 0 Å². The molecule has 1 unspecified atom stereocenters. The molecule has 7 heteroatoms. The molecule has 0 spiro atoms.